The van der Waals surface area contributed by atoms with Crippen LogP contribution in [0.4, 0.5) is 0 Å². The van der Waals surface area contributed by atoms with Gasteiger partial charge in [-0.1, -0.05) is 36.4 Å². The molecular formula is C13H8NOSi. The van der Waals surface area contributed by atoms with E-state index in [1.54, 1.807) is 0 Å². The highest BCUT2D eigenvalue weighted by molar-refractivity contribution is 6.28. The summed E-state index contributed by atoms with van der Waals surface area (Å²) in [6.07, 6.45) is 0. The van der Waals surface area contributed by atoms with Gasteiger partial charge in [-0.15, -0.1) is 0 Å². The summed E-state index contributed by atoms with van der Waals surface area (Å²) in [5, 5.41) is 0. The molecule has 0 atom stereocenters. The van der Waals surface area contributed by atoms with Gasteiger partial charge in [-0.3, -0.25) is 0 Å². The van der Waals surface area contributed by atoms with Gasteiger partial charge in [0.2, 0.25) is 0 Å². The lowest BCUT2D eigenvalue weighted by atomic mass is 10.1. The Morgan fingerprint density at radius 3 is 2.56 bits per heavy atom. The number of aromatic nitrogens is 1. The van der Waals surface area contributed by atoms with Crippen LogP contribution in [0.25, 0.3) is 22.2 Å². The number of rotatable bonds is 1. The van der Waals surface area contributed by atoms with Crippen molar-refractivity contribution < 1.29 is 4.42 Å². The zero-order valence-corrected chi connectivity index (χ0v) is 9.47. The largest absolute Gasteiger partial charge is 0.447 e. The summed E-state index contributed by atoms with van der Waals surface area (Å²) in [5.41, 5.74) is 4.51. The molecule has 3 heteroatoms. The first-order valence-corrected chi connectivity index (χ1v) is 5.50. The number of nitrogens with zero attached hydrogens (tertiary/aromatic N) is 1. The van der Waals surface area contributed by atoms with Crippen molar-refractivity contribution in [2.75, 3.05) is 0 Å². The van der Waals surface area contributed by atoms with Gasteiger partial charge in [0, 0.05) is 0 Å². The number of oxazole rings is 1. The second-order valence-electron chi connectivity index (χ2n) is 3.57. The van der Waals surface area contributed by atoms with Crippen LogP contribution in [0.2, 0.25) is 0 Å². The Morgan fingerprint density at radius 2 is 1.75 bits per heavy atom. The van der Waals surface area contributed by atoms with Gasteiger partial charge < -0.3 is 4.42 Å². The number of hydrogen-bond acceptors (Lipinski definition) is 2. The minimum atomic E-state index is 0.514. The number of hydrogen-bond donors (Lipinski definition) is 0. The summed E-state index contributed by atoms with van der Waals surface area (Å²) >= 11 is 0. The van der Waals surface area contributed by atoms with Gasteiger partial charge in [0.15, 0.2) is 21.3 Å². The highest BCUT2D eigenvalue weighted by atomic mass is 28.1. The molecule has 0 spiro atoms. The summed E-state index contributed by atoms with van der Waals surface area (Å²) in [6, 6.07) is 16.2. The topological polar surface area (TPSA) is 26.0 Å². The van der Waals surface area contributed by atoms with E-state index in [1.807, 2.05) is 36.4 Å². The summed E-state index contributed by atoms with van der Waals surface area (Å²) in [4.78, 5) is 4.25. The molecule has 0 aliphatic rings. The van der Waals surface area contributed by atoms with Crippen molar-refractivity contribution in [3.8, 4) is 11.1 Å². The van der Waals surface area contributed by atoms with Crippen molar-refractivity contribution in [1.82, 2.24) is 4.98 Å². The third kappa shape index (κ3) is 1.55. The zero-order valence-electron chi connectivity index (χ0n) is 8.47. The first kappa shape index (κ1) is 9.36. The molecule has 0 saturated carbocycles. The van der Waals surface area contributed by atoms with Gasteiger partial charge in [0.1, 0.15) is 5.52 Å². The average molecular weight is 222 g/mol. The van der Waals surface area contributed by atoms with Gasteiger partial charge in [0.05, 0.1) is 0 Å². The smallest absolute Gasteiger partial charge is 0.160 e. The van der Waals surface area contributed by atoms with Crippen molar-refractivity contribution in [2.45, 2.75) is 0 Å². The van der Waals surface area contributed by atoms with Crippen molar-refractivity contribution >= 4 is 26.9 Å². The molecule has 75 valence electrons. The molecule has 2 aromatic carbocycles. The molecule has 0 amide bonds. The molecule has 0 aliphatic heterocycles. The Morgan fingerprint density at radius 1 is 0.938 bits per heavy atom. The molecule has 0 bridgehead atoms. The molecule has 0 fully saturated rings. The predicted molar refractivity (Wildman–Crippen MR) is 64.8 cm³/mol. The van der Waals surface area contributed by atoms with Crippen LogP contribution >= 0.6 is 0 Å². The second-order valence-corrected chi connectivity index (χ2v) is 4.00. The summed E-state index contributed by atoms with van der Waals surface area (Å²) in [7, 11) is 3.28. The van der Waals surface area contributed by atoms with Gasteiger partial charge in [-0.2, -0.15) is 0 Å². The van der Waals surface area contributed by atoms with Crippen molar-refractivity contribution in [3.63, 3.8) is 0 Å². The van der Waals surface area contributed by atoms with E-state index < -0.39 is 0 Å². The fourth-order valence-corrected chi connectivity index (χ4v) is 1.97. The van der Waals surface area contributed by atoms with Gasteiger partial charge in [-0.05, 0) is 23.3 Å². The monoisotopic (exact) mass is 222 g/mol. The molecule has 3 rings (SSSR count). The van der Waals surface area contributed by atoms with Crippen LogP contribution in [-0.2, 0) is 0 Å². The Labute approximate surface area is 96.4 Å². The minimum Gasteiger partial charge on any atom is -0.447 e. The standard InChI is InChI=1S/C13H8NOSi/c16-13-14-11-8-10(6-7-12(11)15-13)9-4-2-1-3-5-9/h1-8H. The van der Waals surface area contributed by atoms with E-state index in [9.17, 15) is 0 Å². The van der Waals surface area contributed by atoms with E-state index in [2.05, 4.69) is 27.4 Å². The van der Waals surface area contributed by atoms with Gasteiger partial charge >= 0.3 is 0 Å². The van der Waals surface area contributed by atoms with E-state index in [0.29, 0.717) is 5.51 Å². The normalized spacial score (nSPS) is 10.8. The zero-order chi connectivity index (χ0) is 11.0. The average Bonchev–Trinajstić information content (AvgIpc) is 2.69. The van der Waals surface area contributed by atoms with E-state index in [-0.39, 0.29) is 0 Å². The van der Waals surface area contributed by atoms with E-state index in [0.717, 1.165) is 16.7 Å². The molecule has 16 heavy (non-hydrogen) atoms. The Kier molecular flexibility index (Phi) is 2.11. The highest BCUT2D eigenvalue weighted by Crippen LogP contribution is 2.22. The molecule has 3 aromatic rings. The maximum Gasteiger partial charge on any atom is 0.160 e. The maximum atomic E-state index is 5.36. The summed E-state index contributed by atoms with van der Waals surface area (Å²) < 4.78 is 5.36. The van der Waals surface area contributed by atoms with Gasteiger partial charge in [0.25, 0.3) is 0 Å². The Hall–Kier alpha value is -1.87. The quantitative estimate of drug-likeness (QED) is 0.590. The SMILES string of the molecule is [Si]c1nc2cc(-c3ccccc3)ccc2o1. The lowest BCUT2D eigenvalue weighted by molar-refractivity contribution is 0.644. The van der Waals surface area contributed by atoms with Crippen LogP contribution in [0.15, 0.2) is 52.9 Å². The highest BCUT2D eigenvalue weighted by Gasteiger charge is 2.03. The maximum absolute atomic E-state index is 5.36. The van der Waals surface area contributed by atoms with Crippen LogP contribution in [0.3, 0.4) is 0 Å². The van der Waals surface area contributed by atoms with Crippen molar-refractivity contribution in [1.29, 1.82) is 0 Å². The third-order valence-corrected chi connectivity index (χ3v) is 2.71. The van der Waals surface area contributed by atoms with E-state index >= 15 is 0 Å². The number of benzene rings is 2. The van der Waals surface area contributed by atoms with E-state index in [1.165, 1.54) is 5.56 Å². The van der Waals surface area contributed by atoms with Crippen molar-refractivity contribution in [3.05, 3.63) is 48.5 Å². The fraction of sp³-hybridized carbons (Fsp3) is 0. The van der Waals surface area contributed by atoms with E-state index in [4.69, 9.17) is 4.42 Å². The van der Waals surface area contributed by atoms with Crippen LogP contribution in [0.1, 0.15) is 0 Å². The van der Waals surface area contributed by atoms with Crippen molar-refractivity contribution in [2.24, 2.45) is 0 Å². The molecule has 0 saturated heterocycles. The molecular weight excluding hydrogens is 214 g/mol. The van der Waals surface area contributed by atoms with Gasteiger partial charge in [-0.25, -0.2) is 4.98 Å². The second kappa shape index (κ2) is 3.61. The third-order valence-electron chi connectivity index (χ3n) is 2.49. The number of fused-ring (bicyclic) bond motifs is 1. The van der Waals surface area contributed by atoms with Crippen LogP contribution in [-0.4, -0.2) is 15.2 Å². The first-order chi connectivity index (χ1) is 7.83. The lowest BCUT2D eigenvalue weighted by Gasteiger charge is -1.99. The first-order valence-electron chi connectivity index (χ1n) is 5.00. The molecule has 0 unspecified atom stereocenters. The molecule has 1 heterocycles. The minimum absolute atomic E-state index is 0.514. The molecule has 2 nitrogen and oxygen atoms in total. The lowest BCUT2D eigenvalue weighted by Crippen LogP contribution is -1.99. The predicted octanol–water partition coefficient (Wildman–Crippen LogP) is 2.29. The Balaban J connectivity index is 2.18. The molecule has 1 aromatic heterocycles. The molecule has 0 aliphatic carbocycles. The molecule has 0 N–H and O–H groups in total. The summed E-state index contributed by atoms with van der Waals surface area (Å²) in [5.74, 6) is 0. The Bertz CT molecular complexity index is 631. The van der Waals surface area contributed by atoms with Crippen LogP contribution < -0.4 is 5.51 Å². The van der Waals surface area contributed by atoms with Crippen LogP contribution in [0.5, 0.6) is 0 Å². The fourth-order valence-electron chi connectivity index (χ4n) is 1.74. The van der Waals surface area contributed by atoms with Crippen LogP contribution in [0, 0.1) is 0 Å². The molecule has 3 radical (unpaired) electrons. The summed E-state index contributed by atoms with van der Waals surface area (Å²) in [6.45, 7) is 0.